The van der Waals surface area contributed by atoms with E-state index in [-0.39, 0.29) is 23.7 Å². The number of amides is 2. The smallest absolute Gasteiger partial charge is 0.223 e. The fraction of sp³-hybridized carbons (Fsp3) is 0.579. The second kappa shape index (κ2) is 8.83. The summed E-state index contributed by atoms with van der Waals surface area (Å²) in [5.41, 5.74) is 12.3. The molecule has 2 rings (SSSR count). The molecule has 1 aliphatic rings. The number of primary amides is 1. The lowest BCUT2D eigenvalue weighted by Crippen LogP contribution is -2.41. The predicted octanol–water partition coefficient (Wildman–Crippen LogP) is 2.19. The number of nitrogens with two attached hydrogens (primary N) is 2. The van der Waals surface area contributed by atoms with E-state index in [1.807, 2.05) is 30.3 Å². The van der Waals surface area contributed by atoms with Gasteiger partial charge in [0, 0.05) is 25.9 Å². The van der Waals surface area contributed by atoms with Gasteiger partial charge in [0.05, 0.1) is 0 Å². The van der Waals surface area contributed by atoms with Gasteiger partial charge in [-0.15, -0.1) is 0 Å². The van der Waals surface area contributed by atoms with Crippen molar-refractivity contribution in [1.82, 2.24) is 4.90 Å². The van der Waals surface area contributed by atoms with Crippen molar-refractivity contribution in [3.05, 3.63) is 35.9 Å². The molecular weight excluding hydrogens is 302 g/mol. The maximum absolute atomic E-state index is 12.9. The zero-order valence-electron chi connectivity index (χ0n) is 14.4. The maximum Gasteiger partial charge on any atom is 0.223 e. The minimum Gasteiger partial charge on any atom is -0.370 e. The molecule has 4 N–H and O–H groups in total. The fourth-order valence-electron chi connectivity index (χ4n) is 3.53. The number of carbonyl (C=O) groups excluding carboxylic acids is 2. The zero-order valence-corrected chi connectivity index (χ0v) is 14.4. The van der Waals surface area contributed by atoms with Crippen LogP contribution in [0.2, 0.25) is 0 Å². The molecule has 1 saturated carbocycles. The van der Waals surface area contributed by atoms with Gasteiger partial charge >= 0.3 is 0 Å². The number of hydrogen-bond acceptors (Lipinski definition) is 3. The lowest BCUT2D eigenvalue weighted by molar-refractivity contribution is -0.135. The summed E-state index contributed by atoms with van der Waals surface area (Å²) in [4.78, 5) is 25.8. The molecule has 5 heteroatoms. The van der Waals surface area contributed by atoms with Crippen LogP contribution in [0, 0.1) is 5.41 Å². The zero-order chi connectivity index (χ0) is 17.4. The Morgan fingerprint density at radius 2 is 1.75 bits per heavy atom. The van der Waals surface area contributed by atoms with Crippen molar-refractivity contribution in [3.8, 4) is 0 Å². The van der Waals surface area contributed by atoms with E-state index in [0.717, 1.165) is 31.2 Å². The minimum absolute atomic E-state index is 0.0724. The van der Waals surface area contributed by atoms with Gasteiger partial charge in [0.2, 0.25) is 11.8 Å². The Labute approximate surface area is 144 Å². The summed E-state index contributed by atoms with van der Waals surface area (Å²) >= 11 is 0. The molecule has 0 aliphatic heterocycles. The number of benzene rings is 1. The Morgan fingerprint density at radius 1 is 1.08 bits per heavy atom. The normalized spacial score (nSPS) is 16.5. The van der Waals surface area contributed by atoms with Gasteiger partial charge in [0.15, 0.2) is 0 Å². The average Bonchev–Trinajstić information content (AvgIpc) is 2.60. The Kier molecular flexibility index (Phi) is 6.79. The number of rotatable bonds is 8. The summed E-state index contributed by atoms with van der Waals surface area (Å²) in [5.74, 6) is -0.306. The third-order valence-corrected chi connectivity index (χ3v) is 5.07. The molecule has 0 aromatic heterocycles. The van der Waals surface area contributed by atoms with Gasteiger partial charge in [-0.2, -0.15) is 0 Å². The molecule has 0 heterocycles. The van der Waals surface area contributed by atoms with E-state index >= 15 is 0 Å². The Morgan fingerprint density at radius 3 is 2.33 bits per heavy atom. The van der Waals surface area contributed by atoms with E-state index in [2.05, 4.69) is 0 Å². The molecule has 2 amide bonds. The summed E-state index contributed by atoms with van der Waals surface area (Å²) in [6.45, 7) is 1.42. The van der Waals surface area contributed by atoms with Crippen molar-refractivity contribution in [2.45, 2.75) is 51.5 Å². The first-order valence-electron chi connectivity index (χ1n) is 8.85. The van der Waals surface area contributed by atoms with Crippen LogP contribution in [-0.2, 0) is 16.1 Å². The average molecular weight is 331 g/mol. The summed E-state index contributed by atoms with van der Waals surface area (Å²) in [6, 6.07) is 9.83. The van der Waals surface area contributed by atoms with Crippen LogP contribution in [0.15, 0.2) is 30.3 Å². The van der Waals surface area contributed by atoms with Crippen LogP contribution in [0.25, 0.3) is 0 Å². The van der Waals surface area contributed by atoms with Crippen LogP contribution < -0.4 is 11.5 Å². The third-order valence-electron chi connectivity index (χ3n) is 5.07. The molecule has 1 aromatic rings. The quantitative estimate of drug-likeness (QED) is 0.765. The molecule has 0 unspecified atom stereocenters. The molecule has 0 radical (unpaired) electrons. The second-order valence-electron chi connectivity index (χ2n) is 6.96. The lowest BCUT2D eigenvalue weighted by Gasteiger charge is -2.37. The molecule has 132 valence electrons. The van der Waals surface area contributed by atoms with E-state index in [0.29, 0.717) is 26.1 Å². The Balaban J connectivity index is 2.06. The monoisotopic (exact) mass is 331 g/mol. The van der Waals surface area contributed by atoms with Crippen LogP contribution >= 0.6 is 0 Å². The molecule has 0 spiro atoms. The lowest BCUT2D eigenvalue weighted by atomic mass is 9.71. The molecule has 0 saturated heterocycles. The molecular formula is C19H29N3O2. The van der Waals surface area contributed by atoms with Crippen molar-refractivity contribution >= 4 is 11.8 Å². The summed E-state index contributed by atoms with van der Waals surface area (Å²) in [5, 5.41) is 0. The molecule has 0 atom stereocenters. The van der Waals surface area contributed by atoms with E-state index in [4.69, 9.17) is 11.5 Å². The number of hydrogen-bond donors (Lipinski definition) is 2. The first-order valence-corrected chi connectivity index (χ1v) is 8.85. The highest BCUT2D eigenvalue weighted by Crippen LogP contribution is 2.38. The SMILES string of the molecule is NCC1(CC(=O)N(CCC(N)=O)Cc2ccccc2)CCCCC1. The van der Waals surface area contributed by atoms with Crippen molar-refractivity contribution < 1.29 is 9.59 Å². The van der Waals surface area contributed by atoms with Gasteiger partial charge in [0.25, 0.3) is 0 Å². The van der Waals surface area contributed by atoms with E-state index in [1.165, 1.54) is 6.42 Å². The van der Waals surface area contributed by atoms with E-state index < -0.39 is 0 Å². The first kappa shape index (κ1) is 18.5. The number of carbonyl (C=O) groups is 2. The van der Waals surface area contributed by atoms with Crippen molar-refractivity contribution in [2.24, 2.45) is 16.9 Å². The van der Waals surface area contributed by atoms with E-state index in [1.54, 1.807) is 4.90 Å². The molecule has 1 aliphatic carbocycles. The predicted molar refractivity (Wildman–Crippen MR) is 94.9 cm³/mol. The first-order chi connectivity index (χ1) is 11.5. The summed E-state index contributed by atoms with van der Waals surface area (Å²) in [7, 11) is 0. The fourth-order valence-corrected chi connectivity index (χ4v) is 3.53. The number of nitrogens with zero attached hydrogens (tertiary/aromatic N) is 1. The molecule has 5 nitrogen and oxygen atoms in total. The van der Waals surface area contributed by atoms with Gasteiger partial charge in [-0.1, -0.05) is 49.6 Å². The van der Waals surface area contributed by atoms with Crippen LogP contribution in [0.3, 0.4) is 0 Å². The molecule has 0 bridgehead atoms. The van der Waals surface area contributed by atoms with Gasteiger partial charge < -0.3 is 16.4 Å². The molecule has 1 fully saturated rings. The summed E-state index contributed by atoms with van der Waals surface area (Å²) < 4.78 is 0. The third kappa shape index (κ3) is 5.34. The maximum atomic E-state index is 12.9. The van der Waals surface area contributed by atoms with Gasteiger partial charge in [0.1, 0.15) is 0 Å². The van der Waals surface area contributed by atoms with Crippen molar-refractivity contribution in [1.29, 1.82) is 0 Å². The van der Waals surface area contributed by atoms with Crippen LogP contribution in [-0.4, -0.2) is 29.8 Å². The highest BCUT2D eigenvalue weighted by molar-refractivity contribution is 5.78. The molecule has 1 aromatic carbocycles. The summed E-state index contributed by atoms with van der Waals surface area (Å²) in [6.07, 6.45) is 6.21. The Bertz CT molecular complexity index is 539. The van der Waals surface area contributed by atoms with Gasteiger partial charge in [-0.05, 0) is 30.4 Å². The topological polar surface area (TPSA) is 89.4 Å². The van der Waals surface area contributed by atoms with Crippen molar-refractivity contribution in [3.63, 3.8) is 0 Å². The minimum atomic E-state index is -0.382. The van der Waals surface area contributed by atoms with Gasteiger partial charge in [-0.25, -0.2) is 0 Å². The van der Waals surface area contributed by atoms with Crippen LogP contribution in [0.5, 0.6) is 0 Å². The van der Waals surface area contributed by atoms with Crippen molar-refractivity contribution in [2.75, 3.05) is 13.1 Å². The Hall–Kier alpha value is -1.88. The molecule has 24 heavy (non-hydrogen) atoms. The highest BCUT2D eigenvalue weighted by atomic mass is 16.2. The van der Waals surface area contributed by atoms with Crippen LogP contribution in [0.4, 0.5) is 0 Å². The van der Waals surface area contributed by atoms with E-state index in [9.17, 15) is 9.59 Å². The largest absolute Gasteiger partial charge is 0.370 e. The standard InChI is InChI=1S/C19H29N3O2/c20-15-19(10-5-2-6-11-19)13-18(24)22(12-9-17(21)23)14-16-7-3-1-4-8-16/h1,3-4,7-8H,2,5-6,9-15,20H2,(H2,21,23). The highest BCUT2D eigenvalue weighted by Gasteiger charge is 2.34. The van der Waals surface area contributed by atoms with Gasteiger partial charge in [-0.3, -0.25) is 9.59 Å². The second-order valence-corrected chi connectivity index (χ2v) is 6.96. The van der Waals surface area contributed by atoms with Crippen LogP contribution in [0.1, 0.15) is 50.5 Å².